The molecule has 2 heterocycles. The fourth-order valence-corrected chi connectivity index (χ4v) is 3.16. The number of fused-ring (bicyclic) bond motifs is 1. The van der Waals surface area contributed by atoms with Gasteiger partial charge in [-0.25, -0.2) is 14.4 Å². The van der Waals surface area contributed by atoms with Crippen LogP contribution in [0.3, 0.4) is 0 Å². The first-order valence-corrected chi connectivity index (χ1v) is 9.55. The van der Waals surface area contributed by atoms with E-state index in [9.17, 15) is 18.0 Å². The fraction of sp³-hybridized carbons (Fsp3) is 0.333. The van der Waals surface area contributed by atoms with Crippen LogP contribution >= 0.6 is 0 Å². The molecule has 30 heavy (non-hydrogen) atoms. The van der Waals surface area contributed by atoms with E-state index < -0.39 is 11.7 Å². The fourth-order valence-electron chi connectivity index (χ4n) is 3.16. The molecule has 0 amide bonds. The van der Waals surface area contributed by atoms with Gasteiger partial charge in [0.25, 0.3) is 0 Å². The number of imidazole rings is 1. The molecule has 160 valence electrons. The summed E-state index contributed by atoms with van der Waals surface area (Å²) in [6.07, 6.45) is 1.34. The average molecular weight is 419 g/mol. The molecule has 0 radical (unpaired) electrons. The molecule has 3 rings (SSSR count). The maximum Gasteiger partial charge on any atom is 0.416 e. The third kappa shape index (κ3) is 4.34. The Labute approximate surface area is 172 Å². The van der Waals surface area contributed by atoms with E-state index in [1.165, 1.54) is 10.6 Å². The van der Waals surface area contributed by atoms with Crippen LogP contribution in [0.15, 0.2) is 45.7 Å². The summed E-state index contributed by atoms with van der Waals surface area (Å²) in [5, 5.41) is 6.22. The van der Waals surface area contributed by atoms with Crippen LogP contribution in [0.1, 0.15) is 38.4 Å². The molecule has 1 aromatic heterocycles. The minimum atomic E-state index is -4.39. The standard InChI is InChI=1S/C21H24F3N5O/c1-5-10-25-19-14(4)26-20(30)29(19)13(3)7-6-12(2)18-27-16-9-8-15(21(22,23)24)11-17(16)28-18/h6-11,18,27-28H,5H2,1-4H3,(H,26,30)/b12-6+,13-7+,25-10?. The summed E-state index contributed by atoms with van der Waals surface area (Å²) in [6.45, 7) is 7.39. The number of aromatic amines is 1. The zero-order valence-electron chi connectivity index (χ0n) is 17.2. The number of nitrogens with one attached hydrogen (secondary N) is 3. The van der Waals surface area contributed by atoms with Gasteiger partial charge in [-0.3, -0.25) is 0 Å². The minimum absolute atomic E-state index is 0.278. The van der Waals surface area contributed by atoms with Gasteiger partial charge < -0.3 is 15.6 Å². The van der Waals surface area contributed by atoms with Crippen molar-refractivity contribution in [2.45, 2.75) is 46.5 Å². The molecule has 1 aliphatic heterocycles. The Morgan fingerprint density at radius 1 is 1.20 bits per heavy atom. The number of hydrogen-bond donors (Lipinski definition) is 3. The molecule has 9 heteroatoms. The number of nitrogens with zero attached hydrogens (tertiary/aromatic N) is 2. The lowest BCUT2D eigenvalue weighted by atomic mass is 10.2. The van der Waals surface area contributed by atoms with E-state index in [0.717, 1.165) is 24.1 Å². The summed E-state index contributed by atoms with van der Waals surface area (Å²) >= 11 is 0. The number of hydrogen-bond acceptors (Lipinski definition) is 4. The Hall–Kier alpha value is -3.23. The van der Waals surface area contributed by atoms with E-state index in [0.29, 0.717) is 28.6 Å². The molecule has 0 saturated carbocycles. The SMILES string of the molecule is CCC=Nc1c(C)[nH]c(=O)n1/C(C)=C/C=C(\C)C1Nc2ccc(C(F)(F)F)cc2N1. The second kappa shape index (κ2) is 8.25. The predicted octanol–water partition coefficient (Wildman–Crippen LogP) is 5.29. The number of alkyl halides is 3. The van der Waals surface area contributed by atoms with Crippen LogP contribution < -0.4 is 16.3 Å². The lowest BCUT2D eigenvalue weighted by Gasteiger charge is -2.13. The van der Waals surface area contributed by atoms with Crippen molar-refractivity contribution in [1.29, 1.82) is 0 Å². The highest BCUT2D eigenvalue weighted by atomic mass is 19.4. The van der Waals surface area contributed by atoms with Gasteiger partial charge in [-0.15, -0.1) is 0 Å². The smallest absolute Gasteiger partial charge is 0.360 e. The number of aryl methyl sites for hydroxylation is 1. The lowest BCUT2D eigenvalue weighted by molar-refractivity contribution is -0.137. The zero-order chi connectivity index (χ0) is 22.1. The Morgan fingerprint density at radius 3 is 2.57 bits per heavy atom. The molecule has 3 N–H and O–H groups in total. The third-order valence-electron chi connectivity index (χ3n) is 4.78. The topological polar surface area (TPSA) is 74.2 Å². The van der Waals surface area contributed by atoms with Crippen molar-refractivity contribution in [1.82, 2.24) is 9.55 Å². The van der Waals surface area contributed by atoms with Crippen molar-refractivity contribution in [3.05, 3.63) is 57.7 Å². The van der Waals surface area contributed by atoms with Gasteiger partial charge in [0, 0.05) is 11.9 Å². The van der Waals surface area contributed by atoms with Crippen LogP contribution in [0.5, 0.6) is 0 Å². The first-order chi connectivity index (χ1) is 14.1. The maximum absolute atomic E-state index is 12.9. The van der Waals surface area contributed by atoms with Crippen molar-refractivity contribution >= 4 is 29.1 Å². The van der Waals surface area contributed by atoms with Gasteiger partial charge >= 0.3 is 11.9 Å². The quantitative estimate of drug-likeness (QED) is 0.456. The van der Waals surface area contributed by atoms with Gasteiger partial charge in [0.1, 0.15) is 6.17 Å². The first kappa shape index (κ1) is 21.5. The molecule has 0 aliphatic carbocycles. The molecule has 0 saturated heterocycles. The summed E-state index contributed by atoms with van der Waals surface area (Å²) < 4.78 is 40.3. The number of aliphatic imine (C=N–C) groups is 1. The second-order valence-electron chi connectivity index (χ2n) is 7.13. The number of anilines is 2. The van der Waals surface area contributed by atoms with Crippen molar-refractivity contribution < 1.29 is 13.2 Å². The first-order valence-electron chi connectivity index (χ1n) is 9.55. The summed E-state index contributed by atoms with van der Waals surface area (Å²) in [6, 6.07) is 3.56. The molecule has 1 atom stereocenters. The Balaban J connectivity index is 1.82. The van der Waals surface area contributed by atoms with E-state index in [1.807, 2.05) is 19.9 Å². The summed E-state index contributed by atoms with van der Waals surface area (Å²) in [7, 11) is 0. The lowest BCUT2D eigenvalue weighted by Crippen LogP contribution is -2.23. The molecule has 0 fully saturated rings. The average Bonchev–Trinajstić information content (AvgIpc) is 3.23. The van der Waals surface area contributed by atoms with Crippen LogP contribution in [0.4, 0.5) is 30.4 Å². The van der Waals surface area contributed by atoms with Crippen LogP contribution in [0.25, 0.3) is 5.70 Å². The molecule has 1 unspecified atom stereocenters. The van der Waals surface area contributed by atoms with Crippen LogP contribution in [0, 0.1) is 6.92 Å². The number of rotatable bonds is 5. The molecule has 0 bridgehead atoms. The Bertz CT molecular complexity index is 1090. The van der Waals surface area contributed by atoms with E-state index in [2.05, 4.69) is 20.6 Å². The maximum atomic E-state index is 12.9. The molecule has 6 nitrogen and oxygen atoms in total. The van der Waals surface area contributed by atoms with E-state index in [-0.39, 0.29) is 11.9 Å². The molecule has 1 aromatic carbocycles. The van der Waals surface area contributed by atoms with Crippen molar-refractivity contribution in [2.75, 3.05) is 10.6 Å². The summed E-state index contributed by atoms with van der Waals surface area (Å²) in [5.74, 6) is 0.547. The summed E-state index contributed by atoms with van der Waals surface area (Å²) in [5.41, 5.74) is 2.22. The van der Waals surface area contributed by atoms with Gasteiger partial charge in [-0.05, 0) is 57.0 Å². The predicted molar refractivity (Wildman–Crippen MR) is 114 cm³/mol. The van der Waals surface area contributed by atoms with Crippen LogP contribution in [0.2, 0.25) is 0 Å². The highest BCUT2D eigenvalue weighted by molar-refractivity contribution is 5.76. The van der Waals surface area contributed by atoms with Crippen molar-refractivity contribution in [3.8, 4) is 0 Å². The van der Waals surface area contributed by atoms with Crippen LogP contribution in [-0.2, 0) is 6.18 Å². The minimum Gasteiger partial charge on any atom is -0.360 e. The van der Waals surface area contributed by atoms with E-state index in [4.69, 9.17) is 0 Å². The van der Waals surface area contributed by atoms with E-state index >= 15 is 0 Å². The molecule has 0 spiro atoms. The van der Waals surface area contributed by atoms with Crippen molar-refractivity contribution in [2.24, 2.45) is 4.99 Å². The highest BCUT2D eigenvalue weighted by Gasteiger charge is 2.32. The summed E-state index contributed by atoms with van der Waals surface area (Å²) in [4.78, 5) is 19.4. The van der Waals surface area contributed by atoms with Gasteiger partial charge in [-0.2, -0.15) is 13.2 Å². The third-order valence-corrected chi connectivity index (χ3v) is 4.78. The van der Waals surface area contributed by atoms with Gasteiger partial charge in [0.15, 0.2) is 5.82 Å². The number of aromatic nitrogens is 2. The molecular formula is C21H24F3N5O. The monoisotopic (exact) mass is 419 g/mol. The highest BCUT2D eigenvalue weighted by Crippen LogP contribution is 2.37. The van der Waals surface area contributed by atoms with Gasteiger partial charge in [0.2, 0.25) is 0 Å². The molecule has 1 aliphatic rings. The Kier molecular flexibility index (Phi) is 5.91. The normalized spacial score (nSPS) is 17.2. The number of allylic oxidation sites excluding steroid dienone is 3. The number of halogens is 3. The molecule has 2 aromatic rings. The van der Waals surface area contributed by atoms with Crippen molar-refractivity contribution in [3.63, 3.8) is 0 Å². The largest absolute Gasteiger partial charge is 0.416 e. The van der Waals surface area contributed by atoms with E-state index in [1.54, 1.807) is 26.1 Å². The Morgan fingerprint density at radius 2 is 1.90 bits per heavy atom. The van der Waals surface area contributed by atoms with Gasteiger partial charge in [-0.1, -0.05) is 13.0 Å². The zero-order valence-corrected chi connectivity index (χ0v) is 17.2. The van der Waals surface area contributed by atoms with Crippen LogP contribution in [-0.4, -0.2) is 21.9 Å². The second-order valence-corrected chi connectivity index (χ2v) is 7.13. The molecular weight excluding hydrogens is 395 g/mol. The number of benzene rings is 1. The number of H-pyrrole nitrogens is 1. The van der Waals surface area contributed by atoms with Gasteiger partial charge in [0.05, 0.1) is 22.6 Å².